The van der Waals surface area contributed by atoms with E-state index < -0.39 is 9.05 Å². The molecule has 0 fully saturated rings. The Labute approximate surface area is 96.4 Å². The molecule has 0 unspecified atom stereocenters. The summed E-state index contributed by atoms with van der Waals surface area (Å²) in [6.45, 7) is 2.16. The number of oxazole rings is 1. The van der Waals surface area contributed by atoms with Gasteiger partial charge in [-0.05, 0) is 19.1 Å². The first-order chi connectivity index (χ1) is 7.52. The van der Waals surface area contributed by atoms with Gasteiger partial charge in [0, 0.05) is 10.7 Å². The molecule has 1 aromatic carbocycles. The summed E-state index contributed by atoms with van der Waals surface area (Å²) in [6.07, 6.45) is 0.0327. The number of aromatic nitrogens is 1. The van der Waals surface area contributed by atoms with E-state index in [1.165, 1.54) is 12.1 Å². The molecule has 16 heavy (non-hydrogen) atoms. The number of hydrogen-bond acceptors (Lipinski definition) is 5. The van der Waals surface area contributed by atoms with Gasteiger partial charge in [0.05, 0.1) is 6.61 Å². The van der Waals surface area contributed by atoms with E-state index in [0.717, 1.165) is 0 Å². The van der Waals surface area contributed by atoms with Crippen molar-refractivity contribution >= 4 is 30.8 Å². The first kappa shape index (κ1) is 11.2. The third-order valence-electron chi connectivity index (χ3n) is 1.89. The van der Waals surface area contributed by atoms with E-state index in [4.69, 9.17) is 19.8 Å². The fraction of sp³-hybridized carbons (Fsp3) is 0.222. The second-order valence-electron chi connectivity index (χ2n) is 2.96. The van der Waals surface area contributed by atoms with Crippen LogP contribution in [-0.4, -0.2) is 20.0 Å². The first-order valence-corrected chi connectivity index (χ1v) is 6.80. The normalized spacial score (nSPS) is 11.9. The summed E-state index contributed by atoms with van der Waals surface area (Å²) in [5, 5.41) is 0. The van der Waals surface area contributed by atoms with E-state index in [-0.39, 0.29) is 16.6 Å². The lowest BCUT2D eigenvalue weighted by atomic mass is 10.3. The molecular weight excluding hydrogens is 254 g/mol. The quantitative estimate of drug-likeness (QED) is 0.792. The summed E-state index contributed by atoms with van der Waals surface area (Å²) in [5.74, 6) is 0. The average Bonchev–Trinajstić information content (AvgIpc) is 2.58. The topological polar surface area (TPSA) is 69.4 Å². The van der Waals surface area contributed by atoms with Crippen LogP contribution in [-0.2, 0) is 9.05 Å². The minimum atomic E-state index is -3.85. The zero-order valence-corrected chi connectivity index (χ0v) is 9.88. The van der Waals surface area contributed by atoms with Gasteiger partial charge in [0.25, 0.3) is 9.05 Å². The minimum absolute atomic E-state index is 0.0327. The Hall–Kier alpha value is -1.27. The molecule has 1 heterocycles. The number of benzene rings is 1. The van der Waals surface area contributed by atoms with Crippen molar-refractivity contribution in [3.05, 3.63) is 18.2 Å². The Morgan fingerprint density at radius 2 is 2.25 bits per heavy atom. The van der Waals surface area contributed by atoms with Crippen molar-refractivity contribution < 1.29 is 17.6 Å². The second-order valence-corrected chi connectivity index (χ2v) is 5.49. The van der Waals surface area contributed by atoms with Gasteiger partial charge in [-0.1, -0.05) is 6.07 Å². The lowest BCUT2D eigenvalue weighted by molar-refractivity contribution is 0.251. The molecule has 0 bridgehead atoms. The predicted octanol–water partition coefficient (Wildman–Crippen LogP) is 2.15. The van der Waals surface area contributed by atoms with E-state index in [0.29, 0.717) is 12.1 Å². The fourth-order valence-corrected chi connectivity index (χ4v) is 2.25. The monoisotopic (exact) mass is 261 g/mol. The molecule has 5 nitrogen and oxygen atoms in total. The van der Waals surface area contributed by atoms with E-state index >= 15 is 0 Å². The van der Waals surface area contributed by atoms with Gasteiger partial charge in [-0.15, -0.1) is 0 Å². The number of halogens is 1. The first-order valence-electron chi connectivity index (χ1n) is 4.49. The van der Waals surface area contributed by atoms with Gasteiger partial charge in [-0.3, -0.25) is 0 Å². The Bertz CT molecular complexity index is 619. The predicted molar refractivity (Wildman–Crippen MR) is 58.2 cm³/mol. The third-order valence-corrected chi connectivity index (χ3v) is 3.24. The maximum atomic E-state index is 11.3. The summed E-state index contributed by atoms with van der Waals surface area (Å²) in [6, 6.07) is 4.51. The molecule has 2 rings (SSSR count). The molecular formula is C9H8ClNO4S. The molecule has 7 heteroatoms. The largest absolute Gasteiger partial charge is 0.450 e. The number of rotatable bonds is 3. The van der Waals surface area contributed by atoms with Crippen LogP contribution >= 0.6 is 10.7 Å². The fourth-order valence-electron chi connectivity index (χ4n) is 1.28. The molecule has 0 aliphatic rings. The van der Waals surface area contributed by atoms with Gasteiger partial charge in [-0.25, -0.2) is 8.42 Å². The maximum Gasteiger partial charge on any atom is 0.394 e. The third kappa shape index (κ3) is 1.98. The Kier molecular flexibility index (Phi) is 2.77. The standard InChI is InChI=1S/C9H8ClNO4S/c1-2-14-9-11-6-4-3-5-7(8(6)15-9)16(10,12)13/h3-5H,2H2,1H3. The number of fused-ring (bicyclic) bond motifs is 1. The summed E-state index contributed by atoms with van der Waals surface area (Å²) in [7, 11) is 1.42. The van der Waals surface area contributed by atoms with E-state index in [2.05, 4.69) is 4.98 Å². The molecule has 0 spiro atoms. The minimum Gasteiger partial charge on any atom is -0.450 e. The lowest BCUT2D eigenvalue weighted by Gasteiger charge is -1.95. The van der Waals surface area contributed by atoms with Crippen molar-refractivity contribution in [2.45, 2.75) is 11.8 Å². The highest BCUT2D eigenvalue weighted by molar-refractivity contribution is 8.13. The van der Waals surface area contributed by atoms with Crippen molar-refractivity contribution in [2.24, 2.45) is 0 Å². The number of nitrogens with zero attached hydrogens (tertiary/aromatic N) is 1. The van der Waals surface area contributed by atoms with Gasteiger partial charge in [0.1, 0.15) is 10.4 Å². The highest BCUT2D eigenvalue weighted by Crippen LogP contribution is 2.28. The van der Waals surface area contributed by atoms with Crippen LogP contribution in [0.3, 0.4) is 0 Å². The van der Waals surface area contributed by atoms with Gasteiger partial charge in [0.2, 0.25) is 0 Å². The Morgan fingerprint density at radius 3 is 2.88 bits per heavy atom. The smallest absolute Gasteiger partial charge is 0.394 e. The zero-order valence-electron chi connectivity index (χ0n) is 8.31. The van der Waals surface area contributed by atoms with E-state index in [1.54, 1.807) is 13.0 Å². The SMILES string of the molecule is CCOc1nc2cccc(S(=O)(=O)Cl)c2o1. The molecule has 86 valence electrons. The van der Waals surface area contributed by atoms with Crippen molar-refractivity contribution in [3.8, 4) is 6.08 Å². The molecule has 0 radical (unpaired) electrons. The van der Waals surface area contributed by atoms with E-state index in [1.807, 2.05) is 0 Å². The van der Waals surface area contributed by atoms with Crippen LogP contribution in [0.25, 0.3) is 11.1 Å². The maximum absolute atomic E-state index is 11.3. The summed E-state index contributed by atoms with van der Waals surface area (Å²) < 4.78 is 32.7. The highest BCUT2D eigenvalue weighted by Gasteiger charge is 2.19. The summed E-state index contributed by atoms with van der Waals surface area (Å²) >= 11 is 0. The Balaban J connectivity index is 2.68. The molecule has 1 aromatic heterocycles. The summed E-state index contributed by atoms with van der Waals surface area (Å²) in [4.78, 5) is 3.86. The van der Waals surface area contributed by atoms with Gasteiger partial charge in [-0.2, -0.15) is 4.98 Å². The van der Waals surface area contributed by atoms with Crippen molar-refractivity contribution in [1.29, 1.82) is 0 Å². The van der Waals surface area contributed by atoms with Crippen LogP contribution in [0.4, 0.5) is 0 Å². The molecule has 0 atom stereocenters. The molecule has 0 aliphatic carbocycles. The number of ether oxygens (including phenoxy) is 1. The van der Waals surface area contributed by atoms with Crippen LogP contribution in [0.15, 0.2) is 27.5 Å². The van der Waals surface area contributed by atoms with E-state index in [9.17, 15) is 8.42 Å². The van der Waals surface area contributed by atoms with Crippen LogP contribution < -0.4 is 4.74 Å². The van der Waals surface area contributed by atoms with Crippen LogP contribution in [0.1, 0.15) is 6.92 Å². The lowest BCUT2D eigenvalue weighted by Crippen LogP contribution is -1.90. The van der Waals surface area contributed by atoms with Crippen molar-refractivity contribution in [1.82, 2.24) is 4.98 Å². The highest BCUT2D eigenvalue weighted by atomic mass is 35.7. The second kappa shape index (κ2) is 3.95. The molecule has 0 saturated heterocycles. The molecule has 2 aromatic rings. The van der Waals surface area contributed by atoms with Gasteiger partial charge < -0.3 is 9.15 Å². The van der Waals surface area contributed by atoms with Crippen molar-refractivity contribution in [2.75, 3.05) is 6.61 Å². The summed E-state index contributed by atoms with van der Waals surface area (Å²) in [5.41, 5.74) is 0.506. The van der Waals surface area contributed by atoms with Crippen molar-refractivity contribution in [3.63, 3.8) is 0 Å². The zero-order chi connectivity index (χ0) is 11.8. The van der Waals surface area contributed by atoms with Crippen LogP contribution in [0.5, 0.6) is 6.08 Å². The average molecular weight is 262 g/mol. The number of para-hydroxylation sites is 1. The molecule has 0 amide bonds. The van der Waals surface area contributed by atoms with Gasteiger partial charge in [0.15, 0.2) is 5.58 Å². The molecule has 0 N–H and O–H groups in total. The molecule has 0 aliphatic heterocycles. The Morgan fingerprint density at radius 1 is 1.50 bits per heavy atom. The molecule has 0 saturated carbocycles. The number of hydrogen-bond donors (Lipinski definition) is 0. The van der Waals surface area contributed by atoms with Gasteiger partial charge >= 0.3 is 6.08 Å². The van der Waals surface area contributed by atoms with Crippen LogP contribution in [0.2, 0.25) is 0 Å². The van der Waals surface area contributed by atoms with Crippen LogP contribution in [0, 0.1) is 0 Å².